The molecule has 6 nitrogen and oxygen atoms in total. The van der Waals surface area contributed by atoms with Gasteiger partial charge in [0.2, 0.25) is 0 Å². The fraction of sp³-hybridized carbons (Fsp3) is 0.238. The average molecular weight is 368 g/mol. The third kappa shape index (κ3) is 5.88. The molecule has 0 aliphatic heterocycles. The summed E-state index contributed by atoms with van der Waals surface area (Å²) in [5, 5.41) is 0. The molecule has 6 heteroatoms. The van der Waals surface area contributed by atoms with Crippen LogP contribution < -0.4 is 20.3 Å². The zero-order chi connectivity index (χ0) is 19.6. The molecule has 0 saturated heterocycles. The normalized spacial score (nSPS) is 10.0. The SMILES string of the molecule is C=CCc1ccc(OCC(=O)NNC(=O)c2ccc(CC)cc2)c(OC)c1. The minimum atomic E-state index is -0.481. The number of rotatable bonds is 8. The van der Waals surface area contributed by atoms with Gasteiger partial charge in [-0.2, -0.15) is 0 Å². The molecule has 142 valence electrons. The Morgan fingerprint density at radius 1 is 1.04 bits per heavy atom. The minimum absolute atomic E-state index is 0.258. The molecule has 0 unspecified atom stereocenters. The van der Waals surface area contributed by atoms with E-state index in [1.807, 2.05) is 31.2 Å². The van der Waals surface area contributed by atoms with Crippen molar-refractivity contribution in [2.24, 2.45) is 0 Å². The highest BCUT2D eigenvalue weighted by molar-refractivity contribution is 5.95. The van der Waals surface area contributed by atoms with Gasteiger partial charge in [0.05, 0.1) is 7.11 Å². The first-order valence-corrected chi connectivity index (χ1v) is 8.66. The molecular weight excluding hydrogens is 344 g/mol. The molecular formula is C21H24N2O4. The summed E-state index contributed by atoms with van der Waals surface area (Å²) in [6.45, 7) is 5.48. The Kier molecular flexibility index (Phi) is 7.43. The van der Waals surface area contributed by atoms with Crippen LogP contribution in [-0.4, -0.2) is 25.5 Å². The second kappa shape index (κ2) is 10.0. The van der Waals surface area contributed by atoms with Gasteiger partial charge in [0.15, 0.2) is 18.1 Å². The van der Waals surface area contributed by atoms with Crippen molar-refractivity contribution in [1.82, 2.24) is 10.9 Å². The van der Waals surface area contributed by atoms with E-state index in [0.29, 0.717) is 23.5 Å². The fourth-order valence-electron chi connectivity index (χ4n) is 2.39. The van der Waals surface area contributed by atoms with E-state index in [1.165, 1.54) is 7.11 Å². The van der Waals surface area contributed by atoms with E-state index in [2.05, 4.69) is 17.4 Å². The van der Waals surface area contributed by atoms with Gasteiger partial charge in [0.25, 0.3) is 11.8 Å². The Morgan fingerprint density at radius 2 is 1.74 bits per heavy atom. The Labute approximate surface area is 159 Å². The van der Waals surface area contributed by atoms with Crippen molar-refractivity contribution in [2.45, 2.75) is 19.8 Å². The van der Waals surface area contributed by atoms with E-state index in [4.69, 9.17) is 9.47 Å². The van der Waals surface area contributed by atoms with Gasteiger partial charge in [-0.1, -0.05) is 31.2 Å². The molecule has 0 radical (unpaired) electrons. The van der Waals surface area contributed by atoms with Crippen LogP contribution >= 0.6 is 0 Å². The largest absolute Gasteiger partial charge is 0.493 e. The van der Waals surface area contributed by atoms with Crippen LogP contribution in [0.1, 0.15) is 28.4 Å². The van der Waals surface area contributed by atoms with Gasteiger partial charge < -0.3 is 9.47 Å². The molecule has 0 saturated carbocycles. The summed E-state index contributed by atoms with van der Waals surface area (Å²) in [6.07, 6.45) is 3.40. The molecule has 0 aromatic heterocycles. The molecule has 2 rings (SSSR count). The molecule has 0 atom stereocenters. The molecule has 0 bridgehead atoms. The van der Waals surface area contributed by atoms with Gasteiger partial charge in [0.1, 0.15) is 0 Å². The topological polar surface area (TPSA) is 76.7 Å². The number of carbonyl (C=O) groups excluding carboxylic acids is 2. The maximum absolute atomic E-state index is 12.0. The molecule has 0 spiro atoms. The quantitative estimate of drug-likeness (QED) is 0.555. The first-order chi connectivity index (χ1) is 13.1. The molecule has 0 fully saturated rings. The van der Waals surface area contributed by atoms with E-state index >= 15 is 0 Å². The maximum Gasteiger partial charge on any atom is 0.276 e. The zero-order valence-corrected chi connectivity index (χ0v) is 15.6. The number of amides is 2. The van der Waals surface area contributed by atoms with Crippen LogP contribution in [0.15, 0.2) is 55.1 Å². The fourth-order valence-corrected chi connectivity index (χ4v) is 2.39. The van der Waals surface area contributed by atoms with Crippen molar-refractivity contribution in [2.75, 3.05) is 13.7 Å². The van der Waals surface area contributed by atoms with Gasteiger partial charge in [-0.3, -0.25) is 20.4 Å². The van der Waals surface area contributed by atoms with Crippen molar-refractivity contribution in [3.8, 4) is 11.5 Å². The lowest BCUT2D eigenvalue weighted by Crippen LogP contribution is -2.43. The molecule has 0 aliphatic rings. The highest BCUT2D eigenvalue weighted by Gasteiger charge is 2.10. The molecule has 27 heavy (non-hydrogen) atoms. The lowest BCUT2D eigenvalue weighted by Gasteiger charge is -2.12. The van der Waals surface area contributed by atoms with Crippen LogP contribution in [0.5, 0.6) is 11.5 Å². The van der Waals surface area contributed by atoms with Crippen molar-refractivity contribution >= 4 is 11.8 Å². The van der Waals surface area contributed by atoms with Gasteiger partial charge in [-0.25, -0.2) is 0 Å². The van der Waals surface area contributed by atoms with Gasteiger partial charge >= 0.3 is 0 Å². The highest BCUT2D eigenvalue weighted by atomic mass is 16.5. The number of hydrogen-bond donors (Lipinski definition) is 2. The smallest absolute Gasteiger partial charge is 0.276 e. The Balaban J connectivity index is 1.85. The molecule has 0 aliphatic carbocycles. The van der Waals surface area contributed by atoms with E-state index < -0.39 is 11.8 Å². The number of methoxy groups -OCH3 is 1. The summed E-state index contributed by atoms with van der Waals surface area (Å²) in [7, 11) is 1.53. The van der Waals surface area contributed by atoms with Crippen LogP contribution in [0, 0.1) is 0 Å². The molecule has 0 heterocycles. The van der Waals surface area contributed by atoms with Gasteiger partial charge in [0, 0.05) is 5.56 Å². The van der Waals surface area contributed by atoms with Crippen LogP contribution in [0.25, 0.3) is 0 Å². The minimum Gasteiger partial charge on any atom is -0.493 e. The molecule has 2 amide bonds. The van der Waals surface area contributed by atoms with Crippen molar-refractivity contribution in [1.29, 1.82) is 0 Å². The Morgan fingerprint density at radius 3 is 2.37 bits per heavy atom. The Hall–Kier alpha value is -3.28. The van der Waals surface area contributed by atoms with E-state index in [9.17, 15) is 9.59 Å². The maximum atomic E-state index is 12.0. The zero-order valence-electron chi connectivity index (χ0n) is 15.6. The van der Waals surface area contributed by atoms with Crippen molar-refractivity contribution < 1.29 is 19.1 Å². The predicted octanol–water partition coefficient (Wildman–Crippen LogP) is 2.83. The number of nitrogens with one attached hydrogen (secondary N) is 2. The van der Waals surface area contributed by atoms with Crippen LogP contribution in [0.2, 0.25) is 0 Å². The number of ether oxygens (including phenoxy) is 2. The average Bonchev–Trinajstić information content (AvgIpc) is 2.71. The molecule has 2 aromatic carbocycles. The molecule has 2 aromatic rings. The van der Waals surface area contributed by atoms with Crippen molar-refractivity contribution in [3.63, 3.8) is 0 Å². The van der Waals surface area contributed by atoms with Crippen molar-refractivity contribution in [3.05, 3.63) is 71.8 Å². The predicted molar refractivity (Wildman–Crippen MR) is 104 cm³/mol. The summed E-state index contributed by atoms with van der Waals surface area (Å²) >= 11 is 0. The lowest BCUT2D eigenvalue weighted by molar-refractivity contribution is -0.123. The number of carbonyl (C=O) groups is 2. The van der Waals surface area contributed by atoms with Crippen LogP contribution in [-0.2, 0) is 17.6 Å². The first-order valence-electron chi connectivity index (χ1n) is 8.66. The number of hydrazine groups is 1. The number of allylic oxidation sites excluding steroid dienone is 1. The summed E-state index contributed by atoms with van der Waals surface area (Å²) in [5.74, 6) is 0.104. The standard InChI is InChI=1S/C21H24N2O4/c1-4-6-16-9-12-18(19(13-16)26-3)27-14-20(24)22-23-21(25)17-10-7-15(5-2)8-11-17/h4,7-13H,1,5-6,14H2,2-3H3,(H,22,24)(H,23,25). The van der Waals surface area contributed by atoms with Crippen LogP contribution in [0.4, 0.5) is 0 Å². The summed E-state index contributed by atoms with van der Waals surface area (Å²) < 4.78 is 10.8. The Bertz CT molecular complexity index is 800. The first kappa shape index (κ1) is 20.0. The monoisotopic (exact) mass is 368 g/mol. The highest BCUT2D eigenvalue weighted by Crippen LogP contribution is 2.28. The van der Waals surface area contributed by atoms with Gasteiger partial charge in [-0.05, 0) is 48.2 Å². The second-order valence-electron chi connectivity index (χ2n) is 5.82. The van der Waals surface area contributed by atoms with E-state index in [1.54, 1.807) is 24.3 Å². The number of aryl methyl sites for hydroxylation is 1. The number of hydrogen-bond acceptors (Lipinski definition) is 4. The number of benzene rings is 2. The summed E-state index contributed by atoms with van der Waals surface area (Å²) in [4.78, 5) is 23.9. The van der Waals surface area contributed by atoms with Gasteiger partial charge in [-0.15, -0.1) is 6.58 Å². The van der Waals surface area contributed by atoms with E-state index in [0.717, 1.165) is 17.5 Å². The third-order valence-corrected chi connectivity index (χ3v) is 3.91. The lowest BCUT2D eigenvalue weighted by atomic mass is 10.1. The second-order valence-corrected chi connectivity index (χ2v) is 5.82. The summed E-state index contributed by atoms with van der Waals surface area (Å²) in [6, 6.07) is 12.6. The third-order valence-electron chi connectivity index (χ3n) is 3.91. The van der Waals surface area contributed by atoms with Crippen LogP contribution in [0.3, 0.4) is 0 Å². The molecule has 2 N–H and O–H groups in total. The van der Waals surface area contributed by atoms with E-state index in [-0.39, 0.29) is 6.61 Å². The summed E-state index contributed by atoms with van der Waals surface area (Å²) in [5.41, 5.74) is 7.33.